The zero-order valence-electron chi connectivity index (χ0n) is 15.2. The third kappa shape index (κ3) is 2.87. The van der Waals surface area contributed by atoms with E-state index in [9.17, 15) is 4.79 Å². The second-order valence-corrected chi connectivity index (χ2v) is 6.68. The molecule has 0 saturated carbocycles. The van der Waals surface area contributed by atoms with E-state index in [1.807, 2.05) is 17.2 Å². The van der Waals surface area contributed by atoms with Crippen molar-refractivity contribution < 1.29 is 4.79 Å². The molecule has 1 aliphatic heterocycles. The fraction of sp³-hybridized carbons (Fsp3) is 0.579. The molecule has 1 aliphatic rings. The predicted molar refractivity (Wildman–Crippen MR) is 95.4 cm³/mol. The average molecular weight is 328 g/mol. The van der Waals surface area contributed by atoms with Crippen LogP contribution in [-0.2, 0) is 13.0 Å². The smallest absolute Gasteiger partial charge is 0.255 e. The molecule has 24 heavy (non-hydrogen) atoms. The molecule has 3 rings (SSSR count). The SMILES string of the molecule is CCc1nccn1[C@@H]1CCCN(C(=O)c2cc(C)n(CC)c2C)C1. The van der Waals surface area contributed by atoms with Crippen LogP contribution in [0.3, 0.4) is 0 Å². The number of hydrogen-bond donors (Lipinski definition) is 0. The van der Waals surface area contributed by atoms with Crippen molar-refractivity contribution in [3.63, 3.8) is 0 Å². The molecule has 1 amide bonds. The van der Waals surface area contributed by atoms with Gasteiger partial charge in [0.1, 0.15) is 5.82 Å². The number of amides is 1. The Balaban J connectivity index is 1.81. The molecule has 5 nitrogen and oxygen atoms in total. The Hall–Kier alpha value is -2.04. The van der Waals surface area contributed by atoms with Gasteiger partial charge >= 0.3 is 0 Å². The zero-order chi connectivity index (χ0) is 17.3. The summed E-state index contributed by atoms with van der Waals surface area (Å²) < 4.78 is 4.47. The first-order chi connectivity index (χ1) is 11.6. The van der Waals surface area contributed by atoms with Crippen LogP contribution >= 0.6 is 0 Å². The maximum absolute atomic E-state index is 13.1. The third-order valence-corrected chi connectivity index (χ3v) is 5.26. The Morgan fingerprint density at radius 1 is 1.33 bits per heavy atom. The van der Waals surface area contributed by atoms with Crippen LogP contribution in [0.4, 0.5) is 0 Å². The van der Waals surface area contributed by atoms with Crippen LogP contribution in [0.5, 0.6) is 0 Å². The summed E-state index contributed by atoms with van der Waals surface area (Å²) in [6.45, 7) is 10.9. The zero-order valence-corrected chi connectivity index (χ0v) is 15.2. The number of piperidine rings is 1. The Labute approximate surface area is 144 Å². The van der Waals surface area contributed by atoms with Crippen molar-refractivity contribution in [1.82, 2.24) is 19.0 Å². The first-order valence-corrected chi connectivity index (χ1v) is 9.04. The van der Waals surface area contributed by atoms with Crippen LogP contribution in [0.25, 0.3) is 0 Å². The molecule has 130 valence electrons. The first-order valence-electron chi connectivity index (χ1n) is 9.04. The number of rotatable bonds is 4. The highest BCUT2D eigenvalue weighted by Gasteiger charge is 2.28. The van der Waals surface area contributed by atoms with Gasteiger partial charge in [-0.05, 0) is 39.7 Å². The highest BCUT2D eigenvalue weighted by atomic mass is 16.2. The topological polar surface area (TPSA) is 43.1 Å². The lowest BCUT2D eigenvalue weighted by Gasteiger charge is -2.34. The van der Waals surface area contributed by atoms with E-state index in [1.54, 1.807) is 0 Å². The molecule has 2 aromatic rings. The number of aromatic nitrogens is 3. The lowest BCUT2D eigenvalue weighted by atomic mass is 10.0. The van der Waals surface area contributed by atoms with E-state index in [-0.39, 0.29) is 5.91 Å². The van der Waals surface area contributed by atoms with Crippen LogP contribution in [0, 0.1) is 13.8 Å². The minimum absolute atomic E-state index is 0.172. The van der Waals surface area contributed by atoms with Gasteiger partial charge in [0.25, 0.3) is 5.91 Å². The molecule has 0 bridgehead atoms. The van der Waals surface area contributed by atoms with E-state index in [1.165, 1.54) is 0 Å². The minimum atomic E-state index is 0.172. The summed E-state index contributed by atoms with van der Waals surface area (Å²) in [5.41, 5.74) is 3.10. The van der Waals surface area contributed by atoms with Gasteiger partial charge < -0.3 is 14.0 Å². The highest BCUT2D eigenvalue weighted by molar-refractivity contribution is 5.95. The fourth-order valence-electron chi connectivity index (χ4n) is 3.99. The molecule has 1 saturated heterocycles. The van der Waals surface area contributed by atoms with Crippen molar-refractivity contribution in [2.24, 2.45) is 0 Å². The molecule has 2 aromatic heterocycles. The summed E-state index contributed by atoms with van der Waals surface area (Å²) in [4.78, 5) is 19.5. The Kier molecular flexibility index (Phi) is 4.78. The summed E-state index contributed by atoms with van der Waals surface area (Å²) in [5.74, 6) is 1.28. The lowest BCUT2D eigenvalue weighted by Crippen LogP contribution is -2.41. The number of carbonyl (C=O) groups is 1. The maximum Gasteiger partial charge on any atom is 0.255 e. The predicted octanol–water partition coefficient (Wildman–Crippen LogP) is 3.36. The van der Waals surface area contributed by atoms with Gasteiger partial charge in [0.05, 0.1) is 11.6 Å². The van der Waals surface area contributed by atoms with Gasteiger partial charge in [-0.1, -0.05) is 6.92 Å². The van der Waals surface area contributed by atoms with E-state index in [0.717, 1.165) is 61.7 Å². The number of imidazole rings is 1. The van der Waals surface area contributed by atoms with Crippen molar-refractivity contribution >= 4 is 5.91 Å². The van der Waals surface area contributed by atoms with Crippen LogP contribution < -0.4 is 0 Å². The van der Waals surface area contributed by atoms with Crippen molar-refractivity contribution in [3.8, 4) is 0 Å². The summed E-state index contributed by atoms with van der Waals surface area (Å²) in [6.07, 6.45) is 7.01. The quantitative estimate of drug-likeness (QED) is 0.864. The van der Waals surface area contributed by atoms with Crippen molar-refractivity contribution in [2.75, 3.05) is 13.1 Å². The molecule has 5 heteroatoms. The molecule has 0 radical (unpaired) electrons. The van der Waals surface area contributed by atoms with Crippen LogP contribution in [0.15, 0.2) is 18.5 Å². The molecule has 3 heterocycles. The highest BCUT2D eigenvalue weighted by Crippen LogP contribution is 2.25. The van der Waals surface area contributed by atoms with Crippen molar-refractivity contribution in [3.05, 3.63) is 41.2 Å². The summed E-state index contributed by atoms with van der Waals surface area (Å²) in [5, 5.41) is 0. The average Bonchev–Trinajstić information content (AvgIpc) is 3.18. The van der Waals surface area contributed by atoms with E-state index in [0.29, 0.717) is 6.04 Å². The van der Waals surface area contributed by atoms with E-state index < -0.39 is 0 Å². The number of hydrogen-bond acceptors (Lipinski definition) is 2. The largest absolute Gasteiger partial charge is 0.349 e. The standard InChI is InChI=1S/C19H28N4O/c1-5-18-20-9-11-23(18)16-8-7-10-21(13-16)19(24)17-12-14(3)22(6-2)15(17)4/h9,11-12,16H,5-8,10,13H2,1-4H3/t16-/m1/s1. The normalized spacial score (nSPS) is 18.2. The van der Waals surface area contributed by atoms with E-state index >= 15 is 0 Å². The van der Waals surface area contributed by atoms with Crippen LogP contribution in [0.1, 0.15) is 60.3 Å². The molecule has 0 aliphatic carbocycles. The molecule has 1 atom stereocenters. The molecular weight excluding hydrogens is 300 g/mol. The van der Waals surface area contributed by atoms with Crippen LogP contribution in [0.2, 0.25) is 0 Å². The Bertz CT molecular complexity index is 728. The molecular formula is C19H28N4O. The number of likely N-dealkylation sites (tertiary alicyclic amines) is 1. The first kappa shape index (κ1) is 16.8. The van der Waals surface area contributed by atoms with Crippen molar-refractivity contribution in [1.29, 1.82) is 0 Å². The molecule has 0 spiro atoms. The fourth-order valence-corrected chi connectivity index (χ4v) is 3.99. The van der Waals surface area contributed by atoms with Gasteiger partial charge in [-0.25, -0.2) is 4.98 Å². The van der Waals surface area contributed by atoms with Gasteiger partial charge in [-0.2, -0.15) is 0 Å². The minimum Gasteiger partial charge on any atom is -0.349 e. The Morgan fingerprint density at radius 2 is 2.12 bits per heavy atom. The van der Waals surface area contributed by atoms with Crippen LogP contribution in [-0.4, -0.2) is 38.0 Å². The summed E-state index contributed by atoms with van der Waals surface area (Å²) in [6, 6.07) is 2.38. The molecule has 0 unspecified atom stereocenters. The summed E-state index contributed by atoms with van der Waals surface area (Å²) >= 11 is 0. The second-order valence-electron chi connectivity index (χ2n) is 6.68. The van der Waals surface area contributed by atoms with Gasteiger partial charge in [0, 0.05) is 49.8 Å². The van der Waals surface area contributed by atoms with Gasteiger partial charge in [-0.3, -0.25) is 4.79 Å². The van der Waals surface area contributed by atoms with Crippen molar-refractivity contribution in [2.45, 2.75) is 59.5 Å². The number of aryl methyl sites for hydroxylation is 2. The van der Waals surface area contributed by atoms with Gasteiger partial charge in [0.15, 0.2) is 0 Å². The van der Waals surface area contributed by atoms with Gasteiger partial charge in [-0.15, -0.1) is 0 Å². The molecule has 0 aromatic carbocycles. The molecule has 1 fully saturated rings. The van der Waals surface area contributed by atoms with Gasteiger partial charge in [0.2, 0.25) is 0 Å². The van der Waals surface area contributed by atoms with E-state index in [4.69, 9.17) is 0 Å². The second kappa shape index (κ2) is 6.83. The number of nitrogens with zero attached hydrogens (tertiary/aromatic N) is 4. The summed E-state index contributed by atoms with van der Waals surface area (Å²) in [7, 11) is 0. The number of carbonyl (C=O) groups excluding carboxylic acids is 1. The van der Waals surface area contributed by atoms with E-state index in [2.05, 4.69) is 48.0 Å². The third-order valence-electron chi connectivity index (χ3n) is 5.26. The Morgan fingerprint density at radius 3 is 2.79 bits per heavy atom. The lowest BCUT2D eigenvalue weighted by molar-refractivity contribution is 0.0677. The molecule has 0 N–H and O–H groups in total. The monoisotopic (exact) mass is 328 g/mol. The maximum atomic E-state index is 13.1.